The molecule has 2 aromatic heterocycles. The van der Waals surface area contributed by atoms with Gasteiger partial charge in [-0.25, -0.2) is 8.78 Å². The van der Waals surface area contributed by atoms with Gasteiger partial charge in [-0.15, -0.1) is 11.3 Å². The number of hydrogen-bond donors (Lipinski definition) is 2. The summed E-state index contributed by atoms with van der Waals surface area (Å²) in [5.41, 5.74) is 2.21. The molecule has 2 N–H and O–H groups in total. The maximum Gasteiger partial charge on any atom is 0.251 e. The van der Waals surface area contributed by atoms with Crippen molar-refractivity contribution in [3.05, 3.63) is 93.8 Å². The number of rotatable bonds is 5. The van der Waals surface area contributed by atoms with Crippen molar-refractivity contribution in [3.63, 3.8) is 0 Å². The van der Waals surface area contributed by atoms with Gasteiger partial charge in [-0.3, -0.25) is 4.79 Å². The smallest absolute Gasteiger partial charge is 0.251 e. The van der Waals surface area contributed by atoms with Crippen LogP contribution in [0.15, 0.2) is 66.2 Å². The van der Waals surface area contributed by atoms with E-state index in [9.17, 15) is 13.6 Å². The van der Waals surface area contributed by atoms with Crippen molar-refractivity contribution in [2.75, 3.05) is 6.54 Å². The number of carbonyl (C=O) groups excluding carboxylic acids is 1. The molecule has 3 nitrogen and oxygen atoms in total. The fraction of sp³-hybridized carbons (Fsp3) is 0.0952. The number of amides is 1. The highest BCUT2D eigenvalue weighted by Gasteiger charge is 2.20. The molecule has 2 aromatic carbocycles. The van der Waals surface area contributed by atoms with E-state index in [0.29, 0.717) is 6.54 Å². The van der Waals surface area contributed by atoms with Crippen LogP contribution in [0.2, 0.25) is 0 Å². The van der Waals surface area contributed by atoms with Gasteiger partial charge in [0, 0.05) is 40.0 Å². The zero-order chi connectivity index (χ0) is 18.8. The summed E-state index contributed by atoms with van der Waals surface area (Å²) in [6, 6.07) is 15.1. The minimum atomic E-state index is -1.03. The number of aromatic nitrogens is 1. The number of hydrogen-bond acceptors (Lipinski definition) is 2. The first-order valence-electron chi connectivity index (χ1n) is 8.46. The molecule has 4 aromatic rings. The van der Waals surface area contributed by atoms with Crippen molar-refractivity contribution in [1.82, 2.24) is 10.3 Å². The number of H-pyrrole nitrogens is 1. The molecule has 1 amide bonds. The van der Waals surface area contributed by atoms with Crippen molar-refractivity contribution >= 4 is 28.1 Å². The summed E-state index contributed by atoms with van der Waals surface area (Å²) < 4.78 is 26.5. The van der Waals surface area contributed by atoms with Crippen LogP contribution < -0.4 is 5.32 Å². The van der Waals surface area contributed by atoms with E-state index in [2.05, 4.69) is 10.3 Å². The highest BCUT2D eigenvalue weighted by molar-refractivity contribution is 7.10. The highest BCUT2D eigenvalue weighted by Crippen LogP contribution is 2.32. The van der Waals surface area contributed by atoms with Crippen LogP contribution in [0.5, 0.6) is 0 Å². The molecule has 1 atom stereocenters. The molecule has 6 heteroatoms. The Hall–Kier alpha value is -2.99. The second-order valence-corrected chi connectivity index (χ2v) is 7.18. The Bertz CT molecular complexity index is 1090. The second kappa shape index (κ2) is 7.32. The van der Waals surface area contributed by atoms with Crippen LogP contribution in [0.1, 0.15) is 26.7 Å². The lowest BCUT2D eigenvalue weighted by atomic mass is 9.96. The minimum Gasteiger partial charge on any atom is -0.361 e. The van der Waals surface area contributed by atoms with E-state index in [1.165, 1.54) is 6.07 Å². The molecular weight excluding hydrogens is 366 g/mol. The number of thiophene rings is 1. The lowest BCUT2D eigenvalue weighted by Gasteiger charge is -2.16. The third-order valence-corrected chi connectivity index (χ3v) is 5.52. The van der Waals surface area contributed by atoms with Gasteiger partial charge >= 0.3 is 0 Å². The Morgan fingerprint density at radius 3 is 2.70 bits per heavy atom. The number of halogens is 2. The fourth-order valence-electron chi connectivity index (χ4n) is 3.17. The third-order valence-electron chi connectivity index (χ3n) is 4.53. The Labute approximate surface area is 158 Å². The normalized spacial score (nSPS) is 12.2. The van der Waals surface area contributed by atoms with Gasteiger partial charge in [0.05, 0.1) is 0 Å². The van der Waals surface area contributed by atoms with Gasteiger partial charge in [0.25, 0.3) is 5.91 Å². The van der Waals surface area contributed by atoms with Crippen LogP contribution in [0.25, 0.3) is 10.9 Å². The summed E-state index contributed by atoms with van der Waals surface area (Å²) in [4.78, 5) is 16.8. The van der Waals surface area contributed by atoms with Crippen molar-refractivity contribution in [1.29, 1.82) is 0 Å². The molecule has 0 aliphatic heterocycles. The van der Waals surface area contributed by atoms with Crippen LogP contribution in [0.3, 0.4) is 0 Å². The van der Waals surface area contributed by atoms with E-state index < -0.39 is 17.5 Å². The van der Waals surface area contributed by atoms with Crippen molar-refractivity contribution < 1.29 is 13.6 Å². The maximum atomic E-state index is 13.4. The molecule has 4 rings (SSSR count). The fourth-order valence-corrected chi connectivity index (χ4v) is 4.02. The van der Waals surface area contributed by atoms with Gasteiger partial charge in [-0.1, -0.05) is 24.3 Å². The largest absolute Gasteiger partial charge is 0.361 e. The average molecular weight is 382 g/mol. The van der Waals surface area contributed by atoms with Crippen molar-refractivity contribution in [2.24, 2.45) is 0 Å². The topological polar surface area (TPSA) is 44.9 Å². The van der Waals surface area contributed by atoms with E-state index in [4.69, 9.17) is 0 Å². The quantitative estimate of drug-likeness (QED) is 0.497. The Morgan fingerprint density at radius 2 is 1.93 bits per heavy atom. The first-order chi connectivity index (χ1) is 13.1. The molecule has 0 radical (unpaired) electrons. The van der Waals surface area contributed by atoms with Gasteiger partial charge in [0.1, 0.15) is 0 Å². The number of carbonyl (C=O) groups is 1. The number of para-hydroxylation sites is 1. The second-order valence-electron chi connectivity index (χ2n) is 6.20. The van der Waals surface area contributed by atoms with E-state index in [1.54, 1.807) is 11.3 Å². The van der Waals surface area contributed by atoms with Crippen LogP contribution in [0.4, 0.5) is 8.78 Å². The van der Waals surface area contributed by atoms with E-state index in [1.807, 2.05) is 48.0 Å². The molecule has 0 unspecified atom stereocenters. The van der Waals surface area contributed by atoms with Crippen molar-refractivity contribution in [2.45, 2.75) is 5.92 Å². The monoisotopic (exact) mass is 382 g/mol. The molecule has 0 bridgehead atoms. The standard InChI is InChI=1S/C21H16F2N2OS/c22-17-8-7-13(10-18(17)23)21(26)25-12-16(20-6-3-9-27-20)15-11-24-19-5-2-1-4-14(15)19/h1-11,16,24H,12H2,(H,25,26)/t16-/m1/s1. The van der Waals surface area contributed by atoms with Crippen LogP contribution in [-0.2, 0) is 0 Å². The van der Waals surface area contributed by atoms with Crippen LogP contribution in [-0.4, -0.2) is 17.4 Å². The summed E-state index contributed by atoms with van der Waals surface area (Å²) in [5.74, 6) is -2.48. The van der Waals surface area contributed by atoms with E-state index >= 15 is 0 Å². The zero-order valence-electron chi connectivity index (χ0n) is 14.2. The van der Waals surface area contributed by atoms with Crippen LogP contribution in [0, 0.1) is 11.6 Å². The maximum absolute atomic E-state index is 13.4. The van der Waals surface area contributed by atoms with E-state index in [0.717, 1.165) is 33.5 Å². The van der Waals surface area contributed by atoms with Gasteiger partial charge in [0.2, 0.25) is 0 Å². The number of nitrogens with one attached hydrogen (secondary N) is 2. The summed E-state index contributed by atoms with van der Waals surface area (Å²) in [6.07, 6.45) is 1.96. The van der Waals surface area contributed by atoms with Gasteiger partial charge in [-0.2, -0.15) is 0 Å². The predicted octanol–water partition coefficient (Wildman–Crippen LogP) is 5.07. The number of aromatic amines is 1. The van der Waals surface area contributed by atoms with Crippen LogP contribution >= 0.6 is 11.3 Å². The molecule has 2 heterocycles. The number of fused-ring (bicyclic) bond motifs is 1. The first kappa shape index (κ1) is 17.4. The lowest BCUT2D eigenvalue weighted by molar-refractivity contribution is 0.0952. The predicted molar refractivity (Wildman–Crippen MR) is 103 cm³/mol. The first-order valence-corrected chi connectivity index (χ1v) is 9.34. The summed E-state index contributed by atoms with van der Waals surface area (Å²) >= 11 is 1.61. The summed E-state index contributed by atoms with van der Waals surface area (Å²) in [5, 5.41) is 5.94. The van der Waals surface area contributed by atoms with Gasteiger partial charge < -0.3 is 10.3 Å². The minimum absolute atomic E-state index is 0.0459. The Kier molecular flexibility index (Phi) is 4.73. The third kappa shape index (κ3) is 3.48. The Balaban J connectivity index is 1.61. The molecule has 27 heavy (non-hydrogen) atoms. The van der Waals surface area contributed by atoms with Gasteiger partial charge in [0.15, 0.2) is 11.6 Å². The molecule has 0 saturated heterocycles. The van der Waals surface area contributed by atoms with Gasteiger partial charge in [-0.05, 0) is 41.3 Å². The number of benzene rings is 2. The summed E-state index contributed by atoms with van der Waals surface area (Å²) in [6.45, 7) is 0.347. The molecule has 0 aliphatic rings. The average Bonchev–Trinajstić information content (AvgIpc) is 3.35. The molecule has 0 aliphatic carbocycles. The SMILES string of the molecule is O=C(NC[C@@H](c1cccs1)c1c[nH]c2ccccc12)c1ccc(F)c(F)c1. The molecule has 0 spiro atoms. The molecular formula is C21H16F2N2OS. The molecule has 0 fully saturated rings. The van der Waals surface area contributed by atoms with Crippen molar-refractivity contribution in [3.8, 4) is 0 Å². The highest BCUT2D eigenvalue weighted by atomic mass is 32.1. The zero-order valence-corrected chi connectivity index (χ0v) is 15.0. The summed E-state index contributed by atoms with van der Waals surface area (Å²) in [7, 11) is 0. The lowest BCUT2D eigenvalue weighted by Crippen LogP contribution is -2.28. The Morgan fingerprint density at radius 1 is 1.07 bits per heavy atom. The molecule has 136 valence electrons. The van der Waals surface area contributed by atoms with E-state index in [-0.39, 0.29) is 11.5 Å². The molecule has 0 saturated carbocycles.